The third-order valence-corrected chi connectivity index (χ3v) is 5.21. The molecule has 0 saturated carbocycles. The molecule has 5 nitrogen and oxygen atoms in total. The highest BCUT2D eigenvalue weighted by molar-refractivity contribution is 5.77. The van der Waals surface area contributed by atoms with Crippen LogP contribution in [0.5, 0.6) is 5.75 Å². The number of aryl methyl sites for hydroxylation is 1. The molecule has 0 atom stereocenters. The fourth-order valence-electron chi connectivity index (χ4n) is 3.16. The molecule has 1 amide bonds. The van der Waals surface area contributed by atoms with Gasteiger partial charge in [0.2, 0.25) is 0 Å². The largest absolute Gasteiger partial charge is 0.483 e. The average Bonchev–Trinajstić information content (AvgIpc) is 2.68. The van der Waals surface area contributed by atoms with E-state index in [1.54, 1.807) is 0 Å². The number of nitrogens with one attached hydrogen (secondary N) is 1. The van der Waals surface area contributed by atoms with Crippen molar-refractivity contribution in [2.75, 3.05) is 44.7 Å². The van der Waals surface area contributed by atoms with Gasteiger partial charge in [0, 0.05) is 38.4 Å². The third-order valence-electron chi connectivity index (χ3n) is 5.21. The Balaban J connectivity index is 1.45. The number of amides is 1. The van der Waals surface area contributed by atoms with E-state index in [2.05, 4.69) is 46.4 Å². The highest BCUT2D eigenvalue weighted by atomic mass is 16.5. The predicted octanol–water partition coefficient (Wildman–Crippen LogP) is 2.75. The SMILES string of the molecule is Cc1cccc(OCC(=O)NCc2ccc(N3CCN(C)CC3)cc2)c1C. The molecule has 1 fully saturated rings. The predicted molar refractivity (Wildman–Crippen MR) is 109 cm³/mol. The number of carbonyl (C=O) groups is 1. The van der Waals surface area contributed by atoms with Gasteiger partial charge in [0.15, 0.2) is 6.61 Å². The molecule has 1 N–H and O–H groups in total. The zero-order valence-corrected chi connectivity index (χ0v) is 16.5. The van der Waals surface area contributed by atoms with Crippen molar-refractivity contribution in [2.24, 2.45) is 0 Å². The van der Waals surface area contributed by atoms with Crippen molar-refractivity contribution in [1.29, 1.82) is 0 Å². The van der Waals surface area contributed by atoms with Gasteiger partial charge in [0.25, 0.3) is 5.91 Å². The van der Waals surface area contributed by atoms with E-state index >= 15 is 0 Å². The molecule has 27 heavy (non-hydrogen) atoms. The molecule has 5 heteroatoms. The van der Waals surface area contributed by atoms with E-state index in [1.165, 1.54) is 5.69 Å². The molecule has 0 aliphatic carbocycles. The highest BCUT2D eigenvalue weighted by Crippen LogP contribution is 2.20. The number of carbonyl (C=O) groups excluding carboxylic acids is 1. The Kier molecular flexibility index (Phi) is 6.35. The van der Waals surface area contributed by atoms with Gasteiger partial charge in [-0.3, -0.25) is 4.79 Å². The van der Waals surface area contributed by atoms with Crippen molar-refractivity contribution in [3.63, 3.8) is 0 Å². The van der Waals surface area contributed by atoms with Crippen molar-refractivity contribution in [2.45, 2.75) is 20.4 Å². The quantitative estimate of drug-likeness (QED) is 0.853. The number of anilines is 1. The zero-order valence-electron chi connectivity index (χ0n) is 16.5. The average molecular weight is 367 g/mol. The maximum absolute atomic E-state index is 12.1. The van der Waals surface area contributed by atoms with Crippen molar-refractivity contribution >= 4 is 11.6 Å². The number of likely N-dealkylation sites (N-methyl/N-ethyl adjacent to an activating group) is 1. The second-order valence-corrected chi connectivity index (χ2v) is 7.22. The number of piperazine rings is 1. The summed E-state index contributed by atoms with van der Waals surface area (Å²) >= 11 is 0. The lowest BCUT2D eigenvalue weighted by Gasteiger charge is -2.34. The van der Waals surface area contributed by atoms with Crippen molar-refractivity contribution in [3.05, 3.63) is 59.2 Å². The molecule has 2 aromatic rings. The van der Waals surface area contributed by atoms with Gasteiger partial charge >= 0.3 is 0 Å². The maximum atomic E-state index is 12.1. The minimum atomic E-state index is -0.112. The lowest BCUT2D eigenvalue weighted by atomic mass is 10.1. The van der Waals surface area contributed by atoms with Crippen LogP contribution in [0.15, 0.2) is 42.5 Å². The molecule has 0 radical (unpaired) electrons. The molecule has 1 aliphatic rings. The van der Waals surface area contributed by atoms with Crippen LogP contribution in [0.1, 0.15) is 16.7 Å². The summed E-state index contributed by atoms with van der Waals surface area (Å²) in [5, 5.41) is 2.92. The second-order valence-electron chi connectivity index (χ2n) is 7.22. The summed E-state index contributed by atoms with van der Waals surface area (Å²) in [6.07, 6.45) is 0. The Hall–Kier alpha value is -2.53. The zero-order chi connectivity index (χ0) is 19.2. The molecule has 0 bridgehead atoms. The van der Waals surface area contributed by atoms with E-state index in [0.29, 0.717) is 6.54 Å². The Bertz CT molecular complexity index is 766. The molecule has 3 rings (SSSR count). The van der Waals surface area contributed by atoms with Gasteiger partial charge in [0.05, 0.1) is 0 Å². The van der Waals surface area contributed by atoms with E-state index in [1.807, 2.05) is 32.0 Å². The molecule has 144 valence electrons. The van der Waals surface area contributed by atoms with Crippen LogP contribution in [-0.2, 0) is 11.3 Å². The van der Waals surface area contributed by atoms with Crippen LogP contribution in [0.2, 0.25) is 0 Å². The first-order valence-electron chi connectivity index (χ1n) is 9.51. The normalized spacial score (nSPS) is 14.9. The minimum absolute atomic E-state index is 0.0314. The smallest absolute Gasteiger partial charge is 0.258 e. The first-order valence-corrected chi connectivity index (χ1v) is 9.51. The number of hydrogen-bond donors (Lipinski definition) is 1. The van der Waals surface area contributed by atoms with E-state index < -0.39 is 0 Å². The lowest BCUT2D eigenvalue weighted by Crippen LogP contribution is -2.44. The molecular formula is C22H29N3O2. The summed E-state index contributed by atoms with van der Waals surface area (Å²) in [7, 11) is 2.16. The molecule has 0 spiro atoms. The van der Waals surface area contributed by atoms with Crippen molar-refractivity contribution < 1.29 is 9.53 Å². The van der Waals surface area contributed by atoms with E-state index in [-0.39, 0.29) is 12.5 Å². The summed E-state index contributed by atoms with van der Waals surface area (Å²) in [5.74, 6) is 0.653. The molecular weight excluding hydrogens is 338 g/mol. The van der Waals surface area contributed by atoms with Crippen LogP contribution < -0.4 is 15.0 Å². The number of ether oxygens (including phenoxy) is 1. The summed E-state index contributed by atoms with van der Waals surface area (Å²) in [4.78, 5) is 16.8. The first kappa shape index (κ1) is 19.2. The van der Waals surface area contributed by atoms with E-state index in [9.17, 15) is 4.79 Å². The molecule has 1 saturated heterocycles. The third kappa shape index (κ3) is 5.23. The second kappa shape index (κ2) is 8.91. The van der Waals surface area contributed by atoms with Gasteiger partial charge in [-0.1, -0.05) is 24.3 Å². The summed E-state index contributed by atoms with van der Waals surface area (Å²) in [5.41, 5.74) is 4.57. The standard InChI is InChI=1S/C22H29N3O2/c1-17-5-4-6-21(18(17)2)27-16-22(26)23-15-19-7-9-20(10-8-19)25-13-11-24(3)12-14-25/h4-10H,11-16H2,1-3H3,(H,23,26). The van der Waals surface area contributed by atoms with Gasteiger partial charge in [-0.2, -0.15) is 0 Å². The van der Waals surface area contributed by atoms with Crippen LogP contribution in [0, 0.1) is 13.8 Å². The molecule has 0 unspecified atom stereocenters. The first-order chi connectivity index (χ1) is 13.0. The van der Waals surface area contributed by atoms with Crippen LogP contribution >= 0.6 is 0 Å². The minimum Gasteiger partial charge on any atom is -0.483 e. The fourth-order valence-corrected chi connectivity index (χ4v) is 3.16. The Morgan fingerprint density at radius 1 is 1.04 bits per heavy atom. The van der Waals surface area contributed by atoms with Gasteiger partial charge < -0.3 is 19.9 Å². The highest BCUT2D eigenvalue weighted by Gasteiger charge is 2.14. The molecule has 0 aromatic heterocycles. The van der Waals surface area contributed by atoms with Crippen LogP contribution in [-0.4, -0.2) is 50.6 Å². The van der Waals surface area contributed by atoms with Gasteiger partial charge in [-0.15, -0.1) is 0 Å². The number of hydrogen-bond acceptors (Lipinski definition) is 4. The van der Waals surface area contributed by atoms with Crippen LogP contribution in [0.3, 0.4) is 0 Å². The topological polar surface area (TPSA) is 44.8 Å². The van der Waals surface area contributed by atoms with Crippen LogP contribution in [0.25, 0.3) is 0 Å². The van der Waals surface area contributed by atoms with Crippen LogP contribution in [0.4, 0.5) is 5.69 Å². The number of benzene rings is 2. The maximum Gasteiger partial charge on any atom is 0.258 e. The van der Waals surface area contributed by atoms with Gasteiger partial charge in [-0.25, -0.2) is 0 Å². The van der Waals surface area contributed by atoms with Gasteiger partial charge in [0.1, 0.15) is 5.75 Å². The molecule has 1 heterocycles. The summed E-state index contributed by atoms with van der Waals surface area (Å²) < 4.78 is 5.65. The Labute approximate surface area is 161 Å². The summed E-state index contributed by atoms with van der Waals surface area (Å²) in [6, 6.07) is 14.3. The number of nitrogens with zero attached hydrogens (tertiary/aromatic N) is 2. The van der Waals surface area contributed by atoms with E-state index in [0.717, 1.165) is 48.6 Å². The Morgan fingerprint density at radius 2 is 1.74 bits per heavy atom. The van der Waals surface area contributed by atoms with Crippen molar-refractivity contribution in [1.82, 2.24) is 10.2 Å². The lowest BCUT2D eigenvalue weighted by molar-refractivity contribution is -0.123. The van der Waals surface area contributed by atoms with E-state index in [4.69, 9.17) is 4.74 Å². The fraction of sp³-hybridized carbons (Fsp3) is 0.409. The van der Waals surface area contributed by atoms with Gasteiger partial charge in [-0.05, 0) is 55.8 Å². The molecule has 1 aliphatic heterocycles. The van der Waals surface area contributed by atoms with Crippen molar-refractivity contribution in [3.8, 4) is 5.75 Å². The summed E-state index contributed by atoms with van der Waals surface area (Å²) in [6.45, 7) is 8.89. The molecule has 2 aromatic carbocycles. The number of rotatable bonds is 6. The Morgan fingerprint density at radius 3 is 2.44 bits per heavy atom. The monoisotopic (exact) mass is 367 g/mol.